The Kier molecular flexibility index (Phi) is 3.83. The van der Waals surface area contributed by atoms with Gasteiger partial charge in [0.15, 0.2) is 0 Å². The summed E-state index contributed by atoms with van der Waals surface area (Å²) in [7, 11) is 1.54. The Labute approximate surface area is 97.2 Å². The van der Waals surface area contributed by atoms with E-state index in [1.54, 1.807) is 13.2 Å². The first-order chi connectivity index (χ1) is 6.19. The smallest absolute Gasteiger partial charge is 0.141 e. The molecule has 1 rings (SSSR count). The summed E-state index contributed by atoms with van der Waals surface area (Å²) in [5.74, 6) is 0.599. The third-order valence-electron chi connectivity index (χ3n) is 1.35. The second kappa shape index (κ2) is 4.69. The maximum Gasteiger partial charge on any atom is 0.141 e. The lowest BCUT2D eigenvalue weighted by molar-refractivity contribution is 0.413. The van der Waals surface area contributed by atoms with Crippen molar-refractivity contribution < 1.29 is 4.74 Å². The lowest BCUT2D eigenvalue weighted by atomic mass is 10.3. The highest BCUT2D eigenvalue weighted by atomic mass is 127. The van der Waals surface area contributed by atoms with Crippen LogP contribution in [0.5, 0.6) is 5.75 Å². The zero-order valence-electron chi connectivity index (χ0n) is 6.66. The Hall–Kier alpha value is -0.460. The first kappa shape index (κ1) is 10.6. The quantitative estimate of drug-likeness (QED) is 0.343. The number of halogens is 2. The molecule has 0 bridgehead atoms. The zero-order chi connectivity index (χ0) is 9.84. The summed E-state index contributed by atoms with van der Waals surface area (Å²) >= 11 is 5.42. The SMILES string of the molecule is COc1c(I)cc(Br)cc1N=[N+]=[N-]. The van der Waals surface area contributed by atoms with Crippen LogP contribution in [0, 0.1) is 3.57 Å². The fourth-order valence-corrected chi connectivity index (χ4v) is 2.58. The van der Waals surface area contributed by atoms with Gasteiger partial charge in [-0.15, -0.1) is 0 Å². The normalized spacial score (nSPS) is 9.15. The fraction of sp³-hybridized carbons (Fsp3) is 0.143. The van der Waals surface area contributed by atoms with E-state index in [1.807, 2.05) is 6.07 Å². The molecule has 0 aliphatic heterocycles. The van der Waals surface area contributed by atoms with Gasteiger partial charge in [0.2, 0.25) is 0 Å². The van der Waals surface area contributed by atoms with E-state index in [0.717, 1.165) is 8.04 Å². The molecule has 0 saturated heterocycles. The first-order valence-electron chi connectivity index (χ1n) is 3.27. The topological polar surface area (TPSA) is 58.0 Å². The Morgan fingerprint density at radius 2 is 2.31 bits per heavy atom. The van der Waals surface area contributed by atoms with Gasteiger partial charge in [-0.05, 0) is 40.3 Å². The van der Waals surface area contributed by atoms with Crippen molar-refractivity contribution in [2.24, 2.45) is 5.11 Å². The highest BCUT2D eigenvalue weighted by molar-refractivity contribution is 14.1. The van der Waals surface area contributed by atoms with E-state index < -0.39 is 0 Å². The number of rotatable bonds is 2. The van der Waals surface area contributed by atoms with Crippen molar-refractivity contribution >= 4 is 44.2 Å². The second-order valence-corrected chi connectivity index (χ2v) is 4.21. The molecule has 0 heterocycles. The summed E-state index contributed by atoms with van der Waals surface area (Å²) in [6.07, 6.45) is 0. The molecule has 0 atom stereocenters. The summed E-state index contributed by atoms with van der Waals surface area (Å²) in [4.78, 5) is 2.72. The second-order valence-electron chi connectivity index (χ2n) is 2.13. The van der Waals surface area contributed by atoms with Crippen LogP contribution in [-0.4, -0.2) is 7.11 Å². The minimum Gasteiger partial charge on any atom is -0.495 e. The van der Waals surface area contributed by atoms with E-state index in [2.05, 4.69) is 48.5 Å². The molecule has 6 heteroatoms. The predicted molar refractivity (Wildman–Crippen MR) is 62.2 cm³/mol. The van der Waals surface area contributed by atoms with Gasteiger partial charge in [-0.25, -0.2) is 0 Å². The molecule has 68 valence electrons. The van der Waals surface area contributed by atoms with Gasteiger partial charge in [0.25, 0.3) is 0 Å². The molecule has 0 spiro atoms. The Morgan fingerprint density at radius 3 is 2.85 bits per heavy atom. The van der Waals surface area contributed by atoms with Crippen LogP contribution < -0.4 is 4.74 Å². The number of ether oxygens (including phenoxy) is 1. The average molecular weight is 354 g/mol. The molecule has 0 unspecified atom stereocenters. The van der Waals surface area contributed by atoms with Crippen LogP contribution in [0.1, 0.15) is 0 Å². The van der Waals surface area contributed by atoms with Crippen LogP contribution in [0.2, 0.25) is 0 Å². The summed E-state index contributed by atoms with van der Waals surface area (Å²) < 4.78 is 6.85. The van der Waals surface area contributed by atoms with Crippen molar-refractivity contribution in [1.29, 1.82) is 0 Å². The van der Waals surface area contributed by atoms with Gasteiger partial charge in [0, 0.05) is 9.38 Å². The molecule has 1 aromatic carbocycles. The summed E-state index contributed by atoms with van der Waals surface area (Å²) in [5.41, 5.74) is 8.80. The van der Waals surface area contributed by atoms with E-state index >= 15 is 0 Å². The van der Waals surface area contributed by atoms with E-state index in [1.165, 1.54) is 0 Å². The van der Waals surface area contributed by atoms with Gasteiger partial charge in [-0.1, -0.05) is 21.0 Å². The number of hydrogen-bond donors (Lipinski definition) is 0. The van der Waals surface area contributed by atoms with E-state index in [4.69, 9.17) is 10.3 Å². The molecule has 13 heavy (non-hydrogen) atoms. The van der Waals surface area contributed by atoms with Gasteiger partial charge in [0.05, 0.1) is 16.4 Å². The summed E-state index contributed by atoms with van der Waals surface area (Å²) in [6, 6.07) is 3.59. The number of hydrogen-bond acceptors (Lipinski definition) is 2. The molecule has 0 aliphatic rings. The van der Waals surface area contributed by atoms with Crippen molar-refractivity contribution in [1.82, 2.24) is 0 Å². The molecule has 1 aromatic rings. The van der Waals surface area contributed by atoms with Crippen molar-refractivity contribution in [3.8, 4) is 5.75 Å². The lowest BCUT2D eigenvalue weighted by Gasteiger charge is -2.06. The van der Waals surface area contributed by atoms with E-state index in [-0.39, 0.29) is 0 Å². The lowest BCUT2D eigenvalue weighted by Crippen LogP contribution is -1.87. The summed E-state index contributed by atoms with van der Waals surface area (Å²) in [5, 5.41) is 3.52. The number of azide groups is 1. The summed E-state index contributed by atoms with van der Waals surface area (Å²) in [6.45, 7) is 0. The standard InChI is InChI=1S/C7H5BrIN3O/c1-13-7-5(9)2-4(8)3-6(7)11-12-10/h2-3H,1H3. The maximum atomic E-state index is 8.31. The van der Waals surface area contributed by atoms with Crippen molar-refractivity contribution in [2.75, 3.05) is 7.11 Å². The largest absolute Gasteiger partial charge is 0.495 e. The van der Waals surface area contributed by atoms with E-state index in [9.17, 15) is 0 Å². The minimum atomic E-state index is 0.490. The van der Waals surface area contributed by atoms with Gasteiger partial charge in [0.1, 0.15) is 5.75 Å². The molecule has 0 saturated carbocycles. The molecule has 0 radical (unpaired) electrons. The van der Waals surface area contributed by atoms with Crippen molar-refractivity contribution in [3.63, 3.8) is 0 Å². The van der Waals surface area contributed by atoms with Crippen LogP contribution in [0.25, 0.3) is 10.4 Å². The third kappa shape index (κ3) is 2.49. The molecule has 0 aromatic heterocycles. The van der Waals surface area contributed by atoms with Crippen LogP contribution in [0.4, 0.5) is 5.69 Å². The Balaban J connectivity index is 3.37. The van der Waals surface area contributed by atoms with Gasteiger partial charge < -0.3 is 4.74 Å². The molecular formula is C7H5BrIN3O. The number of benzene rings is 1. The third-order valence-corrected chi connectivity index (χ3v) is 2.60. The Bertz CT molecular complexity index is 376. The average Bonchev–Trinajstić information content (AvgIpc) is 2.04. The van der Waals surface area contributed by atoms with Crippen LogP contribution in [0.15, 0.2) is 21.7 Å². The number of methoxy groups -OCH3 is 1. The van der Waals surface area contributed by atoms with Crippen LogP contribution in [-0.2, 0) is 0 Å². The number of nitrogens with zero attached hydrogens (tertiary/aromatic N) is 3. The van der Waals surface area contributed by atoms with Crippen LogP contribution in [0.3, 0.4) is 0 Å². The molecular weight excluding hydrogens is 349 g/mol. The molecule has 0 fully saturated rings. The van der Waals surface area contributed by atoms with E-state index in [0.29, 0.717) is 11.4 Å². The highest BCUT2D eigenvalue weighted by Crippen LogP contribution is 2.35. The Morgan fingerprint density at radius 1 is 1.62 bits per heavy atom. The van der Waals surface area contributed by atoms with Crippen LogP contribution >= 0.6 is 38.5 Å². The molecule has 0 amide bonds. The van der Waals surface area contributed by atoms with Gasteiger partial charge in [-0.3, -0.25) is 0 Å². The molecule has 4 nitrogen and oxygen atoms in total. The van der Waals surface area contributed by atoms with Gasteiger partial charge >= 0.3 is 0 Å². The molecule has 0 N–H and O–H groups in total. The zero-order valence-corrected chi connectivity index (χ0v) is 10.4. The monoisotopic (exact) mass is 353 g/mol. The highest BCUT2D eigenvalue weighted by Gasteiger charge is 2.06. The van der Waals surface area contributed by atoms with Gasteiger partial charge in [-0.2, -0.15) is 0 Å². The minimum absolute atomic E-state index is 0.490. The first-order valence-corrected chi connectivity index (χ1v) is 5.14. The fourth-order valence-electron chi connectivity index (χ4n) is 0.871. The van der Waals surface area contributed by atoms with Crippen molar-refractivity contribution in [3.05, 3.63) is 30.6 Å². The predicted octanol–water partition coefficient (Wildman–Crippen LogP) is 4.00. The molecule has 0 aliphatic carbocycles. The maximum absolute atomic E-state index is 8.31. The van der Waals surface area contributed by atoms with Crippen molar-refractivity contribution in [2.45, 2.75) is 0 Å².